The molecule has 2 heterocycles. The highest BCUT2D eigenvalue weighted by Gasteiger charge is 2.41. The molecule has 0 radical (unpaired) electrons. The zero-order valence-electron chi connectivity index (χ0n) is 38.9. The zero-order chi connectivity index (χ0) is 48.2. The average Bonchev–Trinajstić information content (AvgIpc) is 3.85. The average molecular weight is 909 g/mol. The fourth-order valence-electron chi connectivity index (χ4n) is 8.56. The van der Waals surface area contributed by atoms with Gasteiger partial charge in [0, 0.05) is 33.6 Å². The van der Waals surface area contributed by atoms with Crippen LogP contribution >= 0.6 is 0 Å². The second-order valence-corrected chi connectivity index (χ2v) is 19.3. The van der Waals surface area contributed by atoms with Crippen molar-refractivity contribution in [1.29, 1.82) is 0 Å². The SMILES string of the molecule is C/C(=C1/N=C(c2ccccc2)c2ccccc21)c1c(-c2ccc(C(C)(C)C)cc2)cc(-c2ccc(C(C)(C)C)cc2)n1B(Oc1cc(C)cc(C)c1)Oc1cc(C(F)(F)F)cc(C(F)(F)F)c1. The van der Waals surface area contributed by atoms with Gasteiger partial charge in [-0.1, -0.05) is 151 Å². The molecule has 1 aliphatic rings. The Kier molecular flexibility index (Phi) is 12.2. The lowest BCUT2D eigenvalue weighted by molar-refractivity contribution is -0.143. The molecule has 342 valence electrons. The standard InChI is InChI=1S/C56H51BF6N2O2/c1-34-27-35(2)29-44(28-34)66-57(67-45-31-42(55(58,59)60)30-43(32-45)56(61,62)63)65-49(38-21-25-41(26-22-38)54(7,8)9)33-48(37-19-23-40(24-20-37)53(4,5)6)52(65)36(3)50-46-17-13-14-18-47(46)51(64-50)39-15-11-10-12-16-39/h10-33H,1-9H3/b50-36-. The Bertz CT molecular complexity index is 2970. The summed E-state index contributed by atoms with van der Waals surface area (Å²) in [4.78, 5) is 5.32. The molecule has 1 aliphatic heterocycles. The van der Waals surface area contributed by atoms with Crippen LogP contribution < -0.4 is 9.31 Å². The largest absolute Gasteiger partial charge is 0.743 e. The van der Waals surface area contributed by atoms with Crippen LogP contribution in [0.3, 0.4) is 0 Å². The van der Waals surface area contributed by atoms with Gasteiger partial charge in [-0.05, 0) is 107 Å². The van der Waals surface area contributed by atoms with Crippen LogP contribution in [0.15, 0.2) is 151 Å². The number of allylic oxidation sites excluding steroid dienone is 1. The van der Waals surface area contributed by atoms with Gasteiger partial charge >= 0.3 is 19.6 Å². The van der Waals surface area contributed by atoms with Gasteiger partial charge in [0.2, 0.25) is 0 Å². The summed E-state index contributed by atoms with van der Waals surface area (Å²) < 4.78 is 102. The Morgan fingerprint density at radius 1 is 0.493 bits per heavy atom. The van der Waals surface area contributed by atoms with Crippen molar-refractivity contribution >= 4 is 24.2 Å². The Morgan fingerprint density at radius 3 is 1.48 bits per heavy atom. The highest BCUT2D eigenvalue weighted by molar-refractivity contribution is 6.46. The molecule has 6 aromatic carbocycles. The first-order chi connectivity index (χ1) is 31.5. The number of aryl methyl sites for hydroxylation is 2. The maximum absolute atomic E-state index is 14.5. The monoisotopic (exact) mass is 908 g/mol. The quantitative estimate of drug-likeness (QED) is 0.107. The molecular formula is C56H51BF6N2O2. The van der Waals surface area contributed by atoms with Crippen molar-refractivity contribution < 1.29 is 35.7 Å². The summed E-state index contributed by atoms with van der Waals surface area (Å²) in [7, 11) is -1.69. The number of alkyl halides is 6. The van der Waals surface area contributed by atoms with Gasteiger partial charge < -0.3 is 13.8 Å². The topological polar surface area (TPSA) is 35.8 Å². The van der Waals surface area contributed by atoms with Crippen molar-refractivity contribution in [3.8, 4) is 33.9 Å². The van der Waals surface area contributed by atoms with Crippen LogP contribution in [0, 0.1) is 13.8 Å². The van der Waals surface area contributed by atoms with Gasteiger partial charge in [-0.15, -0.1) is 0 Å². The molecule has 0 spiro atoms. The van der Waals surface area contributed by atoms with E-state index in [-0.39, 0.29) is 22.6 Å². The summed E-state index contributed by atoms with van der Waals surface area (Å²) in [6.07, 6.45) is -10.3. The third-order valence-electron chi connectivity index (χ3n) is 12.0. The number of aliphatic imine (C=N–C) groups is 1. The number of fused-ring (bicyclic) bond motifs is 1. The summed E-state index contributed by atoms with van der Waals surface area (Å²) in [6.45, 7) is 18.4. The van der Waals surface area contributed by atoms with Gasteiger partial charge in [0.25, 0.3) is 0 Å². The maximum atomic E-state index is 14.5. The summed E-state index contributed by atoms with van der Waals surface area (Å²) in [5.74, 6) is -0.404. The van der Waals surface area contributed by atoms with E-state index >= 15 is 0 Å². The van der Waals surface area contributed by atoms with Crippen LogP contribution in [-0.2, 0) is 23.2 Å². The molecular weight excluding hydrogens is 857 g/mol. The minimum absolute atomic E-state index is 0.0870. The lowest BCUT2D eigenvalue weighted by Gasteiger charge is -2.24. The second kappa shape index (κ2) is 17.5. The van der Waals surface area contributed by atoms with Crippen molar-refractivity contribution in [1.82, 2.24) is 4.48 Å². The van der Waals surface area contributed by atoms with Gasteiger partial charge in [-0.3, -0.25) is 0 Å². The normalized spacial score (nSPS) is 13.9. The minimum Gasteiger partial charge on any atom is -0.507 e. The number of halogens is 6. The van der Waals surface area contributed by atoms with E-state index in [0.717, 1.165) is 50.2 Å². The summed E-state index contributed by atoms with van der Waals surface area (Å²) in [5.41, 5.74) is 8.33. The smallest absolute Gasteiger partial charge is 0.507 e. The Balaban J connectivity index is 1.49. The van der Waals surface area contributed by atoms with Gasteiger partial charge in [-0.2, -0.15) is 26.3 Å². The van der Waals surface area contributed by atoms with Crippen LogP contribution in [0.4, 0.5) is 26.3 Å². The van der Waals surface area contributed by atoms with Gasteiger partial charge in [0.05, 0.1) is 22.5 Å². The first-order valence-electron chi connectivity index (χ1n) is 22.1. The molecule has 0 saturated heterocycles. The van der Waals surface area contributed by atoms with Crippen LogP contribution in [0.2, 0.25) is 0 Å². The molecule has 8 rings (SSSR count). The number of benzene rings is 6. The van der Waals surface area contributed by atoms with Crippen LogP contribution in [0.1, 0.15) is 104 Å². The van der Waals surface area contributed by atoms with E-state index in [1.807, 2.05) is 124 Å². The minimum atomic E-state index is -5.13. The van der Waals surface area contributed by atoms with Crippen molar-refractivity contribution in [2.45, 2.75) is 85.5 Å². The molecule has 0 N–H and O–H groups in total. The molecule has 0 unspecified atom stereocenters. The molecule has 0 fully saturated rings. The third-order valence-corrected chi connectivity index (χ3v) is 12.0. The molecule has 0 aliphatic carbocycles. The molecule has 0 bridgehead atoms. The van der Waals surface area contributed by atoms with Gasteiger partial charge in [0.1, 0.15) is 11.5 Å². The molecule has 4 nitrogen and oxygen atoms in total. The van der Waals surface area contributed by atoms with E-state index in [1.54, 1.807) is 16.6 Å². The Morgan fingerprint density at radius 2 is 0.970 bits per heavy atom. The maximum Gasteiger partial charge on any atom is 0.743 e. The fourth-order valence-corrected chi connectivity index (χ4v) is 8.56. The van der Waals surface area contributed by atoms with E-state index in [0.29, 0.717) is 45.9 Å². The molecule has 67 heavy (non-hydrogen) atoms. The summed E-state index contributed by atoms with van der Waals surface area (Å²) >= 11 is 0. The summed E-state index contributed by atoms with van der Waals surface area (Å²) in [6, 6.07) is 42.5. The highest BCUT2D eigenvalue weighted by Crippen LogP contribution is 2.45. The van der Waals surface area contributed by atoms with Crippen molar-refractivity contribution in [2.75, 3.05) is 0 Å². The second-order valence-electron chi connectivity index (χ2n) is 19.3. The number of aromatic nitrogens is 1. The predicted molar refractivity (Wildman–Crippen MR) is 258 cm³/mol. The van der Waals surface area contributed by atoms with E-state index in [4.69, 9.17) is 14.3 Å². The van der Waals surface area contributed by atoms with E-state index < -0.39 is 36.5 Å². The predicted octanol–water partition coefficient (Wildman–Crippen LogP) is 15.8. The lowest BCUT2D eigenvalue weighted by Crippen LogP contribution is -2.40. The molecule has 0 amide bonds. The third kappa shape index (κ3) is 9.87. The lowest BCUT2D eigenvalue weighted by atomic mass is 9.86. The van der Waals surface area contributed by atoms with Crippen LogP contribution in [-0.4, -0.2) is 17.4 Å². The molecule has 1 aromatic heterocycles. The zero-order valence-corrected chi connectivity index (χ0v) is 38.9. The van der Waals surface area contributed by atoms with E-state index in [9.17, 15) is 26.3 Å². The van der Waals surface area contributed by atoms with Crippen LogP contribution in [0.5, 0.6) is 11.5 Å². The van der Waals surface area contributed by atoms with Gasteiger partial charge in [0.15, 0.2) is 0 Å². The molecule has 0 atom stereocenters. The Hall–Kier alpha value is -6.75. The number of hydrogen-bond acceptors (Lipinski definition) is 3. The molecule has 11 heteroatoms. The fraction of sp³-hybridized carbons (Fsp3) is 0.232. The summed E-state index contributed by atoms with van der Waals surface area (Å²) in [5, 5.41) is 0. The van der Waals surface area contributed by atoms with Crippen molar-refractivity contribution in [3.05, 3.63) is 201 Å². The first kappa shape index (κ1) is 46.8. The van der Waals surface area contributed by atoms with Crippen molar-refractivity contribution in [3.63, 3.8) is 0 Å². The first-order valence-corrected chi connectivity index (χ1v) is 22.1. The Labute approximate surface area is 388 Å². The van der Waals surface area contributed by atoms with Gasteiger partial charge in [-0.25, -0.2) is 4.99 Å². The number of nitrogens with zero attached hydrogens (tertiary/aromatic N) is 2. The molecule has 0 saturated carbocycles. The molecule has 7 aromatic rings. The van der Waals surface area contributed by atoms with E-state index in [1.165, 1.54) is 0 Å². The number of rotatable bonds is 9. The van der Waals surface area contributed by atoms with E-state index in [2.05, 4.69) is 53.7 Å². The van der Waals surface area contributed by atoms with Crippen LogP contribution in [0.25, 0.3) is 33.7 Å². The van der Waals surface area contributed by atoms with Crippen molar-refractivity contribution in [2.24, 2.45) is 4.99 Å². The number of hydrogen-bond donors (Lipinski definition) is 0. The highest BCUT2D eigenvalue weighted by atomic mass is 19.4.